The number of nitrogens with zero attached hydrogens (tertiary/aromatic N) is 2. The van der Waals surface area contributed by atoms with Crippen molar-refractivity contribution in [1.82, 2.24) is 4.90 Å². The van der Waals surface area contributed by atoms with E-state index in [1.54, 1.807) is 17.2 Å². The molecule has 3 heterocycles. The van der Waals surface area contributed by atoms with Gasteiger partial charge in [0.1, 0.15) is 23.5 Å². The number of amides is 2. The van der Waals surface area contributed by atoms with Gasteiger partial charge in [-0.1, -0.05) is 71.7 Å². The second-order valence-electron chi connectivity index (χ2n) is 8.74. The molecule has 1 aromatic heterocycles. The highest BCUT2D eigenvalue weighted by atomic mass is 35.5. The van der Waals surface area contributed by atoms with Crippen molar-refractivity contribution in [1.29, 1.82) is 0 Å². The highest BCUT2D eigenvalue weighted by Crippen LogP contribution is 2.48. The van der Waals surface area contributed by atoms with Gasteiger partial charge in [-0.2, -0.15) is 0 Å². The first-order valence-corrected chi connectivity index (χ1v) is 12.2. The van der Waals surface area contributed by atoms with Crippen molar-refractivity contribution in [2.75, 3.05) is 5.06 Å². The molecule has 2 saturated heterocycles. The highest BCUT2D eigenvalue weighted by molar-refractivity contribution is 6.42. The van der Waals surface area contributed by atoms with Crippen LogP contribution in [0.4, 0.5) is 5.69 Å². The third-order valence-electron chi connectivity index (χ3n) is 6.52. The quantitative estimate of drug-likeness (QED) is 0.290. The lowest BCUT2D eigenvalue weighted by Gasteiger charge is -2.27. The first kappa shape index (κ1) is 22.9. The van der Waals surface area contributed by atoms with E-state index in [0.29, 0.717) is 21.6 Å². The molecule has 0 radical (unpaired) electrons. The van der Waals surface area contributed by atoms with Gasteiger partial charge in [-0.15, -0.1) is 0 Å². The predicted molar refractivity (Wildman–Crippen MR) is 136 cm³/mol. The highest BCUT2D eigenvalue weighted by Gasteiger charge is 2.60. The van der Waals surface area contributed by atoms with Crippen molar-refractivity contribution < 1.29 is 18.8 Å². The van der Waals surface area contributed by atoms with Crippen LogP contribution in [-0.4, -0.2) is 22.8 Å². The summed E-state index contributed by atoms with van der Waals surface area (Å²) < 4.78 is 6.24. The molecule has 0 spiro atoms. The number of rotatable bonds is 5. The molecule has 0 unspecified atom stereocenters. The molecule has 3 atom stereocenters. The standard InChI is InChI=1S/C28H20Cl2N2O4/c29-20-12-11-18(15-21(20)30)22-13-14-23(35-22)25-24-26(36-32(25)19-9-5-2-6-10-19)28(34)31(27(24)33)16-17-7-3-1-4-8-17/h1-15,24-26H,16H2/t24-,25-,26-/m0/s1. The summed E-state index contributed by atoms with van der Waals surface area (Å²) in [7, 11) is 0. The van der Waals surface area contributed by atoms with Crippen molar-refractivity contribution in [2.45, 2.75) is 18.7 Å². The van der Waals surface area contributed by atoms with Crippen molar-refractivity contribution >= 4 is 40.7 Å². The van der Waals surface area contributed by atoms with Gasteiger partial charge in [0.05, 0.1) is 22.3 Å². The Balaban J connectivity index is 1.38. The van der Waals surface area contributed by atoms with E-state index in [1.165, 1.54) is 4.90 Å². The van der Waals surface area contributed by atoms with E-state index < -0.39 is 18.1 Å². The normalized spacial score (nSPS) is 21.3. The average Bonchev–Trinajstić information content (AvgIpc) is 3.59. The van der Waals surface area contributed by atoms with Crippen LogP contribution in [-0.2, 0) is 21.0 Å². The molecule has 180 valence electrons. The number of anilines is 1. The Kier molecular flexibility index (Phi) is 5.80. The van der Waals surface area contributed by atoms with E-state index in [9.17, 15) is 9.59 Å². The van der Waals surface area contributed by atoms with Crippen LogP contribution in [0.1, 0.15) is 17.4 Å². The molecule has 8 heteroatoms. The summed E-state index contributed by atoms with van der Waals surface area (Å²) in [5.74, 6) is -0.319. The molecular weight excluding hydrogens is 499 g/mol. The van der Waals surface area contributed by atoms with Crippen molar-refractivity contribution in [3.63, 3.8) is 0 Å². The lowest BCUT2D eigenvalue weighted by atomic mass is 9.94. The monoisotopic (exact) mass is 518 g/mol. The number of hydroxylamine groups is 1. The van der Waals surface area contributed by atoms with Crippen molar-refractivity contribution in [3.05, 3.63) is 112 Å². The van der Waals surface area contributed by atoms with E-state index in [0.717, 1.165) is 16.8 Å². The van der Waals surface area contributed by atoms with Gasteiger partial charge in [-0.05, 0) is 48.0 Å². The van der Waals surface area contributed by atoms with Gasteiger partial charge < -0.3 is 4.42 Å². The number of para-hydroxylation sites is 1. The summed E-state index contributed by atoms with van der Waals surface area (Å²) in [6.45, 7) is 0.194. The third-order valence-corrected chi connectivity index (χ3v) is 7.26. The predicted octanol–water partition coefficient (Wildman–Crippen LogP) is 6.30. The van der Waals surface area contributed by atoms with E-state index in [-0.39, 0.29) is 18.4 Å². The molecule has 2 fully saturated rings. The second kappa shape index (κ2) is 9.13. The van der Waals surface area contributed by atoms with Gasteiger partial charge in [0.25, 0.3) is 5.91 Å². The van der Waals surface area contributed by atoms with Crippen LogP contribution in [0, 0.1) is 5.92 Å². The average molecular weight is 519 g/mol. The zero-order valence-electron chi connectivity index (χ0n) is 18.9. The van der Waals surface area contributed by atoms with Gasteiger partial charge in [-0.25, -0.2) is 5.06 Å². The second-order valence-corrected chi connectivity index (χ2v) is 9.55. The van der Waals surface area contributed by atoms with Crippen molar-refractivity contribution in [3.8, 4) is 11.3 Å². The minimum absolute atomic E-state index is 0.194. The lowest BCUT2D eigenvalue weighted by Crippen LogP contribution is -2.36. The fourth-order valence-electron chi connectivity index (χ4n) is 4.80. The number of likely N-dealkylation sites (tertiary alicyclic amines) is 1. The Labute approximate surface area is 217 Å². The van der Waals surface area contributed by atoms with Crippen LogP contribution in [0.2, 0.25) is 10.0 Å². The fraction of sp³-hybridized carbons (Fsp3) is 0.143. The van der Waals surface area contributed by atoms with Gasteiger partial charge in [0.15, 0.2) is 6.10 Å². The molecule has 2 amide bonds. The van der Waals surface area contributed by atoms with E-state index in [4.69, 9.17) is 32.5 Å². The van der Waals surface area contributed by atoms with Crippen LogP contribution in [0.5, 0.6) is 0 Å². The Morgan fingerprint density at radius 2 is 1.50 bits per heavy atom. The van der Waals surface area contributed by atoms with Crippen LogP contribution < -0.4 is 5.06 Å². The summed E-state index contributed by atoms with van der Waals surface area (Å²) in [6.07, 6.45) is -0.940. The fourth-order valence-corrected chi connectivity index (χ4v) is 5.10. The zero-order valence-corrected chi connectivity index (χ0v) is 20.4. The van der Waals surface area contributed by atoms with Crippen LogP contribution >= 0.6 is 23.2 Å². The Morgan fingerprint density at radius 1 is 0.778 bits per heavy atom. The zero-order chi connectivity index (χ0) is 24.8. The Bertz CT molecular complexity index is 1440. The van der Waals surface area contributed by atoms with Crippen LogP contribution in [0.15, 0.2) is 95.4 Å². The first-order chi connectivity index (χ1) is 17.5. The smallest absolute Gasteiger partial charge is 0.262 e. The van der Waals surface area contributed by atoms with E-state index in [2.05, 4.69) is 0 Å². The molecule has 36 heavy (non-hydrogen) atoms. The maximum absolute atomic E-state index is 13.6. The molecule has 2 aliphatic rings. The molecule has 0 N–H and O–H groups in total. The van der Waals surface area contributed by atoms with Gasteiger partial charge in [0, 0.05) is 5.56 Å². The number of carbonyl (C=O) groups excluding carboxylic acids is 2. The largest absolute Gasteiger partial charge is 0.459 e. The number of carbonyl (C=O) groups is 2. The van der Waals surface area contributed by atoms with Crippen LogP contribution in [0.25, 0.3) is 11.3 Å². The van der Waals surface area contributed by atoms with Crippen molar-refractivity contribution in [2.24, 2.45) is 5.92 Å². The Hall–Kier alpha value is -3.58. The molecular formula is C28H20Cl2N2O4. The topological polar surface area (TPSA) is 63.0 Å². The Morgan fingerprint density at radius 3 is 2.22 bits per heavy atom. The van der Waals surface area contributed by atoms with Gasteiger partial charge >= 0.3 is 0 Å². The molecule has 0 bridgehead atoms. The number of hydrogen-bond acceptors (Lipinski definition) is 5. The van der Waals surface area contributed by atoms with E-state index >= 15 is 0 Å². The maximum atomic E-state index is 13.6. The van der Waals surface area contributed by atoms with Gasteiger partial charge in [-0.3, -0.25) is 19.3 Å². The SMILES string of the molecule is O=C1[C@@H]2[C@H](ON(c3ccccc3)[C@H]2c2ccc(-c3ccc(Cl)c(Cl)c3)o2)C(=O)N1Cc1ccccc1. The number of furan rings is 1. The number of benzene rings is 3. The van der Waals surface area contributed by atoms with Gasteiger partial charge in [0.2, 0.25) is 5.91 Å². The summed E-state index contributed by atoms with van der Waals surface area (Å²) >= 11 is 12.3. The molecule has 0 aliphatic carbocycles. The lowest BCUT2D eigenvalue weighted by molar-refractivity contribution is -0.143. The maximum Gasteiger partial charge on any atom is 0.262 e. The number of fused-ring (bicyclic) bond motifs is 1. The number of halogens is 2. The number of hydrogen-bond donors (Lipinski definition) is 0. The van der Waals surface area contributed by atoms with Crippen LogP contribution in [0.3, 0.4) is 0 Å². The molecule has 6 nitrogen and oxygen atoms in total. The third kappa shape index (κ3) is 3.88. The molecule has 6 rings (SSSR count). The summed E-state index contributed by atoms with van der Waals surface area (Å²) in [5, 5.41) is 2.47. The minimum atomic E-state index is -0.940. The molecule has 3 aromatic carbocycles. The first-order valence-electron chi connectivity index (χ1n) is 11.5. The molecule has 0 saturated carbocycles. The molecule has 2 aliphatic heterocycles. The molecule has 4 aromatic rings. The minimum Gasteiger partial charge on any atom is -0.459 e. The summed E-state index contributed by atoms with van der Waals surface area (Å²) in [4.78, 5) is 34.4. The summed E-state index contributed by atoms with van der Waals surface area (Å²) in [6, 6.07) is 27.0. The van der Waals surface area contributed by atoms with E-state index in [1.807, 2.05) is 78.9 Å². The number of imide groups is 1. The summed E-state index contributed by atoms with van der Waals surface area (Å²) in [5.41, 5.74) is 2.34.